The Hall–Kier alpha value is -1.71. The van der Waals surface area contributed by atoms with Gasteiger partial charge in [-0.15, -0.1) is 0 Å². The van der Waals surface area contributed by atoms with Gasteiger partial charge in [0.15, 0.2) is 11.5 Å². The highest BCUT2D eigenvalue weighted by Gasteiger charge is 2.08. The van der Waals surface area contributed by atoms with Crippen LogP contribution in [0.1, 0.15) is 18.9 Å². The van der Waals surface area contributed by atoms with Crippen LogP contribution in [-0.4, -0.2) is 27.0 Å². The minimum Gasteiger partial charge on any atom is -0.493 e. The molecular weight excluding hydrogens is 204 g/mol. The smallest absolute Gasteiger partial charge is 0.169 e. The predicted octanol–water partition coefficient (Wildman–Crippen LogP) is 2.04. The predicted molar refractivity (Wildman–Crippen MR) is 65.4 cm³/mol. The third kappa shape index (κ3) is 3.15. The lowest BCUT2D eigenvalue weighted by Crippen LogP contribution is -2.02. The number of hydrogen-bond donors (Lipinski definition) is 1. The van der Waals surface area contributed by atoms with Gasteiger partial charge in [0.2, 0.25) is 0 Å². The van der Waals surface area contributed by atoms with Gasteiger partial charge in [0.1, 0.15) is 0 Å². The van der Waals surface area contributed by atoms with E-state index in [1.807, 2.05) is 18.2 Å². The van der Waals surface area contributed by atoms with Crippen molar-refractivity contribution in [3.63, 3.8) is 0 Å². The van der Waals surface area contributed by atoms with Crippen LogP contribution in [0.3, 0.4) is 0 Å². The average molecular weight is 222 g/mol. The Morgan fingerprint density at radius 2 is 2.25 bits per heavy atom. The molecule has 0 heterocycles. The summed E-state index contributed by atoms with van der Waals surface area (Å²) in [6.07, 6.45) is 2.67. The first-order chi connectivity index (χ1) is 7.83. The summed E-state index contributed by atoms with van der Waals surface area (Å²) in [5.74, 6) is 1.47. The van der Waals surface area contributed by atoms with Gasteiger partial charge < -0.3 is 14.9 Å². The topological polar surface area (TPSA) is 42.8 Å². The zero-order valence-corrected chi connectivity index (χ0v) is 9.99. The van der Waals surface area contributed by atoms with Gasteiger partial charge in [-0.3, -0.25) is 0 Å². The number of nitrogens with zero attached hydrogens (tertiary/aromatic N) is 1. The minimum atomic E-state index is 0.667. The summed E-state index contributed by atoms with van der Waals surface area (Å²) < 4.78 is 10.9. The molecule has 0 aromatic heterocycles. The molecular formula is C12H18N2O2. The van der Waals surface area contributed by atoms with E-state index in [9.17, 15) is 0 Å². The van der Waals surface area contributed by atoms with E-state index in [4.69, 9.17) is 9.47 Å². The van der Waals surface area contributed by atoms with Crippen molar-refractivity contribution in [1.29, 1.82) is 0 Å². The molecule has 0 atom stereocenters. The summed E-state index contributed by atoms with van der Waals surface area (Å²) in [7, 11) is 3.39. The number of para-hydroxylation sites is 1. The summed E-state index contributed by atoms with van der Waals surface area (Å²) in [5, 5.41) is 3.98. The van der Waals surface area contributed by atoms with Gasteiger partial charge in [0, 0.05) is 12.6 Å². The summed E-state index contributed by atoms with van der Waals surface area (Å²) in [5.41, 5.74) is 3.61. The molecule has 0 bridgehead atoms. The monoisotopic (exact) mass is 222 g/mol. The summed E-state index contributed by atoms with van der Waals surface area (Å²) in [4.78, 5) is 0. The largest absolute Gasteiger partial charge is 0.493 e. The molecule has 4 nitrogen and oxygen atoms in total. The summed E-state index contributed by atoms with van der Waals surface area (Å²) in [6.45, 7) is 2.73. The Morgan fingerprint density at radius 3 is 2.88 bits per heavy atom. The molecule has 1 aromatic carbocycles. The number of ether oxygens (including phenoxy) is 2. The molecule has 1 aromatic rings. The molecule has 16 heavy (non-hydrogen) atoms. The normalized spacial score (nSPS) is 10.4. The van der Waals surface area contributed by atoms with Crippen LogP contribution >= 0.6 is 0 Å². The molecule has 0 radical (unpaired) electrons. The molecule has 0 saturated carbocycles. The van der Waals surface area contributed by atoms with Crippen LogP contribution in [0.2, 0.25) is 0 Å². The van der Waals surface area contributed by atoms with Crippen molar-refractivity contribution in [2.75, 3.05) is 20.8 Å². The molecule has 0 aliphatic heterocycles. The van der Waals surface area contributed by atoms with E-state index < -0.39 is 0 Å². The van der Waals surface area contributed by atoms with Gasteiger partial charge in [-0.1, -0.05) is 13.0 Å². The molecule has 0 unspecified atom stereocenters. The first kappa shape index (κ1) is 12.4. The zero-order valence-electron chi connectivity index (χ0n) is 9.99. The maximum atomic E-state index is 5.66. The molecule has 4 heteroatoms. The Kier molecular flexibility index (Phi) is 5.19. The molecule has 0 spiro atoms. The Morgan fingerprint density at radius 1 is 1.44 bits per heavy atom. The first-order valence-electron chi connectivity index (χ1n) is 5.33. The zero-order chi connectivity index (χ0) is 11.8. The Bertz CT molecular complexity index is 351. The third-order valence-corrected chi connectivity index (χ3v) is 2.01. The standard InChI is InChI=1S/C12H18N2O2/c1-4-8-16-12-10(9-14-13-2)6-5-7-11(12)15-3/h5-7,9,13H,4,8H2,1-3H3/b14-9+. The summed E-state index contributed by atoms with van der Waals surface area (Å²) >= 11 is 0. The quantitative estimate of drug-likeness (QED) is 0.591. The Labute approximate surface area is 96.3 Å². The highest BCUT2D eigenvalue weighted by Crippen LogP contribution is 2.30. The van der Waals surface area contributed by atoms with Gasteiger partial charge in [-0.2, -0.15) is 5.10 Å². The summed E-state index contributed by atoms with van der Waals surface area (Å²) in [6, 6.07) is 5.73. The van der Waals surface area contributed by atoms with Crippen LogP contribution < -0.4 is 14.9 Å². The second-order valence-electron chi connectivity index (χ2n) is 3.21. The van der Waals surface area contributed by atoms with Gasteiger partial charge in [0.05, 0.1) is 19.9 Å². The van der Waals surface area contributed by atoms with Gasteiger partial charge in [-0.05, 0) is 18.6 Å². The highest BCUT2D eigenvalue weighted by molar-refractivity contribution is 5.84. The SMILES string of the molecule is CCCOc1c(/C=N/NC)cccc1OC. The Balaban J connectivity index is 2.99. The molecule has 0 saturated heterocycles. The number of methoxy groups -OCH3 is 1. The van der Waals surface area contributed by atoms with E-state index in [2.05, 4.69) is 17.5 Å². The van der Waals surface area contributed by atoms with E-state index in [1.165, 1.54) is 0 Å². The van der Waals surface area contributed by atoms with E-state index in [-0.39, 0.29) is 0 Å². The number of hydrazone groups is 1. The van der Waals surface area contributed by atoms with Crippen molar-refractivity contribution in [3.8, 4) is 11.5 Å². The highest BCUT2D eigenvalue weighted by atomic mass is 16.5. The van der Waals surface area contributed by atoms with Gasteiger partial charge >= 0.3 is 0 Å². The molecule has 0 fully saturated rings. The molecule has 88 valence electrons. The van der Waals surface area contributed by atoms with Gasteiger partial charge in [0.25, 0.3) is 0 Å². The van der Waals surface area contributed by atoms with Crippen molar-refractivity contribution in [2.24, 2.45) is 5.10 Å². The fraction of sp³-hybridized carbons (Fsp3) is 0.417. The number of nitrogens with one attached hydrogen (secondary N) is 1. The molecule has 0 aliphatic rings. The molecule has 0 amide bonds. The molecule has 0 aliphatic carbocycles. The number of rotatable bonds is 6. The molecule has 1 N–H and O–H groups in total. The van der Waals surface area contributed by atoms with Crippen molar-refractivity contribution in [3.05, 3.63) is 23.8 Å². The third-order valence-electron chi connectivity index (χ3n) is 2.01. The second kappa shape index (κ2) is 6.71. The maximum Gasteiger partial charge on any atom is 0.169 e. The van der Waals surface area contributed by atoms with E-state index in [0.717, 1.165) is 23.5 Å². The maximum absolute atomic E-state index is 5.66. The number of hydrogen-bond acceptors (Lipinski definition) is 4. The van der Waals surface area contributed by atoms with Gasteiger partial charge in [-0.25, -0.2) is 0 Å². The van der Waals surface area contributed by atoms with E-state index >= 15 is 0 Å². The minimum absolute atomic E-state index is 0.667. The van der Waals surface area contributed by atoms with Crippen molar-refractivity contribution in [1.82, 2.24) is 5.43 Å². The second-order valence-corrected chi connectivity index (χ2v) is 3.21. The molecule has 1 rings (SSSR count). The van der Waals surface area contributed by atoms with Crippen LogP contribution in [0.4, 0.5) is 0 Å². The van der Waals surface area contributed by atoms with Crippen LogP contribution in [0.5, 0.6) is 11.5 Å². The lowest BCUT2D eigenvalue weighted by molar-refractivity contribution is 0.294. The van der Waals surface area contributed by atoms with Crippen LogP contribution in [-0.2, 0) is 0 Å². The van der Waals surface area contributed by atoms with E-state index in [1.54, 1.807) is 20.4 Å². The van der Waals surface area contributed by atoms with Crippen molar-refractivity contribution < 1.29 is 9.47 Å². The lowest BCUT2D eigenvalue weighted by atomic mass is 10.2. The van der Waals surface area contributed by atoms with Crippen LogP contribution in [0, 0.1) is 0 Å². The van der Waals surface area contributed by atoms with E-state index in [0.29, 0.717) is 6.61 Å². The van der Waals surface area contributed by atoms with Crippen LogP contribution in [0.15, 0.2) is 23.3 Å². The van der Waals surface area contributed by atoms with Crippen LogP contribution in [0.25, 0.3) is 0 Å². The number of benzene rings is 1. The fourth-order valence-corrected chi connectivity index (χ4v) is 1.29. The van der Waals surface area contributed by atoms with Crippen molar-refractivity contribution >= 4 is 6.21 Å². The average Bonchev–Trinajstić information content (AvgIpc) is 2.33. The fourth-order valence-electron chi connectivity index (χ4n) is 1.29. The first-order valence-corrected chi connectivity index (χ1v) is 5.33. The lowest BCUT2D eigenvalue weighted by Gasteiger charge is -2.12. The van der Waals surface area contributed by atoms with Crippen molar-refractivity contribution in [2.45, 2.75) is 13.3 Å².